The van der Waals surface area contributed by atoms with Crippen molar-refractivity contribution < 1.29 is 9.64 Å². The molecule has 1 aliphatic heterocycles. The Morgan fingerprint density at radius 3 is 2.45 bits per heavy atom. The van der Waals surface area contributed by atoms with Crippen molar-refractivity contribution in [2.75, 3.05) is 26.2 Å². The second kappa shape index (κ2) is 8.31. The van der Waals surface area contributed by atoms with Crippen molar-refractivity contribution in [3.8, 4) is 5.75 Å². The van der Waals surface area contributed by atoms with E-state index in [2.05, 4.69) is 32.0 Å². The monoisotopic (exact) mass is 276 g/mol. The van der Waals surface area contributed by atoms with Gasteiger partial charge in [-0.1, -0.05) is 6.07 Å². The zero-order valence-electron chi connectivity index (χ0n) is 13.2. The third-order valence-electron chi connectivity index (χ3n) is 4.48. The molecule has 0 saturated carbocycles. The Labute approximate surface area is 124 Å². The molecule has 1 fully saturated rings. The number of ether oxygens (including phenoxy) is 1. The smallest absolute Gasteiger partial charge is 0.119 e. The summed E-state index contributed by atoms with van der Waals surface area (Å²) in [5, 5.41) is 0. The number of quaternary nitrogens is 1. The van der Waals surface area contributed by atoms with Gasteiger partial charge in [0.25, 0.3) is 0 Å². The number of likely N-dealkylation sites (tertiary alicyclic amines) is 1. The van der Waals surface area contributed by atoms with Gasteiger partial charge in [0.1, 0.15) is 5.75 Å². The van der Waals surface area contributed by atoms with Crippen molar-refractivity contribution in [2.45, 2.75) is 52.4 Å². The summed E-state index contributed by atoms with van der Waals surface area (Å²) >= 11 is 0. The molecule has 0 aliphatic carbocycles. The standard InChI is InChI=1S/C18H29NO/c1-16-9-10-18(15-17(16)2)20-14-8-4-3-5-11-19-12-6-7-13-19/h9-10,15H,3-8,11-14H2,1-2H3/p+1. The molecular weight excluding hydrogens is 246 g/mol. The van der Waals surface area contributed by atoms with Crippen molar-refractivity contribution >= 4 is 0 Å². The number of benzene rings is 1. The van der Waals surface area contributed by atoms with Crippen LogP contribution in [-0.4, -0.2) is 26.2 Å². The lowest BCUT2D eigenvalue weighted by molar-refractivity contribution is -0.887. The molecule has 2 heteroatoms. The third-order valence-corrected chi connectivity index (χ3v) is 4.48. The lowest BCUT2D eigenvalue weighted by Gasteiger charge is -2.11. The average molecular weight is 276 g/mol. The first-order valence-corrected chi connectivity index (χ1v) is 8.29. The number of unbranched alkanes of at least 4 members (excludes halogenated alkanes) is 3. The molecular formula is C18H30NO+. The molecule has 2 rings (SSSR count). The topological polar surface area (TPSA) is 13.7 Å². The number of aryl methyl sites for hydroxylation is 2. The van der Waals surface area contributed by atoms with Crippen LogP contribution in [0.15, 0.2) is 18.2 Å². The van der Waals surface area contributed by atoms with Crippen LogP contribution in [0.3, 0.4) is 0 Å². The molecule has 1 aromatic carbocycles. The van der Waals surface area contributed by atoms with Crippen molar-refractivity contribution in [1.82, 2.24) is 0 Å². The summed E-state index contributed by atoms with van der Waals surface area (Å²) in [7, 11) is 0. The van der Waals surface area contributed by atoms with Gasteiger partial charge in [0.15, 0.2) is 0 Å². The van der Waals surface area contributed by atoms with Gasteiger partial charge < -0.3 is 9.64 Å². The first-order valence-electron chi connectivity index (χ1n) is 8.29. The molecule has 0 aromatic heterocycles. The highest BCUT2D eigenvalue weighted by Gasteiger charge is 2.13. The highest BCUT2D eigenvalue weighted by Crippen LogP contribution is 2.16. The molecule has 0 bridgehead atoms. The van der Waals surface area contributed by atoms with E-state index in [1.54, 1.807) is 0 Å². The van der Waals surface area contributed by atoms with E-state index in [9.17, 15) is 0 Å². The van der Waals surface area contributed by atoms with Crippen LogP contribution >= 0.6 is 0 Å². The van der Waals surface area contributed by atoms with Crippen molar-refractivity contribution in [2.24, 2.45) is 0 Å². The summed E-state index contributed by atoms with van der Waals surface area (Å²) in [6.07, 6.45) is 8.12. The number of hydrogen-bond donors (Lipinski definition) is 1. The maximum atomic E-state index is 5.82. The fourth-order valence-corrected chi connectivity index (χ4v) is 2.95. The molecule has 0 atom stereocenters. The fraction of sp³-hybridized carbons (Fsp3) is 0.667. The number of rotatable bonds is 8. The quantitative estimate of drug-likeness (QED) is 0.721. The fourth-order valence-electron chi connectivity index (χ4n) is 2.95. The van der Waals surface area contributed by atoms with E-state index in [-0.39, 0.29) is 0 Å². The Morgan fingerprint density at radius 1 is 0.950 bits per heavy atom. The predicted molar refractivity (Wildman–Crippen MR) is 84.7 cm³/mol. The number of hydrogen-bond acceptors (Lipinski definition) is 1. The van der Waals surface area contributed by atoms with Gasteiger partial charge in [0, 0.05) is 12.8 Å². The maximum absolute atomic E-state index is 5.82. The highest BCUT2D eigenvalue weighted by molar-refractivity contribution is 5.33. The minimum absolute atomic E-state index is 0.860. The molecule has 0 spiro atoms. The molecule has 2 nitrogen and oxygen atoms in total. The van der Waals surface area contributed by atoms with E-state index in [1.165, 1.54) is 69.3 Å². The second-order valence-electron chi connectivity index (χ2n) is 6.22. The van der Waals surface area contributed by atoms with E-state index < -0.39 is 0 Å². The molecule has 1 aliphatic rings. The molecule has 112 valence electrons. The summed E-state index contributed by atoms with van der Waals surface area (Å²) in [6.45, 7) is 9.35. The first-order chi connectivity index (χ1) is 9.75. The summed E-state index contributed by atoms with van der Waals surface area (Å²) in [6, 6.07) is 6.37. The minimum Gasteiger partial charge on any atom is -0.494 e. The summed E-state index contributed by atoms with van der Waals surface area (Å²) in [5.41, 5.74) is 2.65. The van der Waals surface area contributed by atoms with Crippen LogP contribution in [0.4, 0.5) is 0 Å². The predicted octanol–water partition coefficient (Wildman–Crippen LogP) is 2.92. The van der Waals surface area contributed by atoms with Crippen molar-refractivity contribution in [3.63, 3.8) is 0 Å². The second-order valence-corrected chi connectivity index (χ2v) is 6.22. The van der Waals surface area contributed by atoms with Crippen LogP contribution in [-0.2, 0) is 0 Å². The SMILES string of the molecule is Cc1ccc(OCCCCCC[NH+]2CCCC2)cc1C. The van der Waals surface area contributed by atoms with Gasteiger partial charge in [-0.25, -0.2) is 0 Å². The van der Waals surface area contributed by atoms with Crippen LogP contribution in [0.5, 0.6) is 5.75 Å². The van der Waals surface area contributed by atoms with Crippen molar-refractivity contribution in [3.05, 3.63) is 29.3 Å². The highest BCUT2D eigenvalue weighted by atomic mass is 16.5. The minimum atomic E-state index is 0.860. The van der Waals surface area contributed by atoms with Gasteiger partial charge in [-0.05, 0) is 62.8 Å². The molecule has 20 heavy (non-hydrogen) atoms. The molecule has 1 N–H and O–H groups in total. The Morgan fingerprint density at radius 2 is 1.70 bits per heavy atom. The van der Waals surface area contributed by atoms with Gasteiger partial charge in [-0.2, -0.15) is 0 Å². The van der Waals surface area contributed by atoms with E-state index >= 15 is 0 Å². The Hall–Kier alpha value is -1.02. The molecule has 0 amide bonds. The van der Waals surface area contributed by atoms with E-state index in [1.807, 2.05) is 4.90 Å². The Kier molecular flexibility index (Phi) is 6.38. The van der Waals surface area contributed by atoms with Gasteiger partial charge in [0.05, 0.1) is 26.2 Å². The zero-order chi connectivity index (χ0) is 14.2. The average Bonchev–Trinajstić information content (AvgIpc) is 2.95. The summed E-state index contributed by atoms with van der Waals surface area (Å²) < 4.78 is 5.82. The van der Waals surface area contributed by atoms with E-state index in [0.29, 0.717) is 0 Å². The van der Waals surface area contributed by atoms with Crippen LogP contribution < -0.4 is 9.64 Å². The molecule has 0 unspecified atom stereocenters. The Bertz CT molecular complexity index is 396. The molecule has 1 saturated heterocycles. The van der Waals surface area contributed by atoms with Crippen molar-refractivity contribution in [1.29, 1.82) is 0 Å². The van der Waals surface area contributed by atoms with Gasteiger partial charge in [-0.3, -0.25) is 0 Å². The lowest BCUT2D eigenvalue weighted by atomic mass is 10.1. The van der Waals surface area contributed by atoms with Crippen LogP contribution in [0.1, 0.15) is 49.7 Å². The van der Waals surface area contributed by atoms with Crippen LogP contribution in [0.2, 0.25) is 0 Å². The van der Waals surface area contributed by atoms with Crippen LogP contribution in [0, 0.1) is 13.8 Å². The van der Waals surface area contributed by atoms with Gasteiger partial charge in [-0.15, -0.1) is 0 Å². The molecule has 1 heterocycles. The zero-order valence-corrected chi connectivity index (χ0v) is 13.2. The molecule has 1 aromatic rings. The van der Waals surface area contributed by atoms with Gasteiger partial charge in [0.2, 0.25) is 0 Å². The van der Waals surface area contributed by atoms with Gasteiger partial charge >= 0.3 is 0 Å². The third kappa shape index (κ3) is 5.16. The summed E-state index contributed by atoms with van der Waals surface area (Å²) in [4.78, 5) is 1.83. The Balaban J connectivity index is 1.49. The van der Waals surface area contributed by atoms with E-state index in [0.717, 1.165) is 12.4 Å². The maximum Gasteiger partial charge on any atom is 0.119 e. The largest absolute Gasteiger partial charge is 0.494 e. The molecule has 0 radical (unpaired) electrons. The normalized spacial score (nSPS) is 15.7. The lowest BCUT2D eigenvalue weighted by Crippen LogP contribution is -3.09. The summed E-state index contributed by atoms with van der Waals surface area (Å²) in [5.74, 6) is 1.02. The van der Waals surface area contributed by atoms with Crippen LogP contribution in [0.25, 0.3) is 0 Å². The first kappa shape index (κ1) is 15.4. The van der Waals surface area contributed by atoms with E-state index in [4.69, 9.17) is 4.74 Å². The number of nitrogens with one attached hydrogen (secondary N) is 1.